The summed E-state index contributed by atoms with van der Waals surface area (Å²) in [4.78, 5) is 11.2. The van der Waals surface area contributed by atoms with E-state index in [-0.39, 0.29) is 4.48 Å². The maximum atomic E-state index is 11.2. The first-order valence-electron chi connectivity index (χ1n) is 5.77. The average molecular weight is 218 g/mol. The van der Waals surface area contributed by atoms with Gasteiger partial charge in [0, 0.05) is 12.8 Å². The molecule has 0 heterocycles. The Morgan fingerprint density at radius 2 is 1.60 bits per heavy atom. The molecule has 0 bridgehead atoms. The second kappa shape index (κ2) is 6.08. The van der Waals surface area contributed by atoms with Gasteiger partial charge in [0.15, 0.2) is 12.3 Å². The predicted molar refractivity (Wildman–Crippen MR) is 59.4 cm³/mol. The lowest BCUT2D eigenvalue weighted by Gasteiger charge is -2.44. The monoisotopic (exact) mass is 218 g/mol. The molecule has 0 aliphatic heterocycles. The Balaban J connectivity index is 5.12. The van der Waals surface area contributed by atoms with Crippen molar-refractivity contribution < 1.29 is 19.5 Å². The molecular weight excluding hydrogens is 194 g/mol. The number of hydrogen-bond donors (Lipinski definition) is 2. The molecule has 0 aromatic heterocycles. The summed E-state index contributed by atoms with van der Waals surface area (Å²) in [5, 5.41) is 19.2. The molecule has 2 N–H and O–H groups in total. The highest BCUT2D eigenvalue weighted by Crippen LogP contribution is 2.22. The minimum absolute atomic E-state index is 0.266. The van der Waals surface area contributed by atoms with Crippen LogP contribution in [0, 0.1) is 0 Å². The van der Waals surface area contributed by atoms with E-state index >= 15 is 0 Å². The lowest BCUT2D eigenvalue weighted by molar-refractivity contribution is -0.982. The van der Waals surface area contributed by atoms with E-state index < -0.39 is 18.2 Å². The van der Waals surface area contributed by atoms with Crippen molar-refractivity contribution in [1.29, 1.82) is 0 Å². The number of rotatable bonds is 7. The summed E-state index contributed by atoms with van der Waals surface area (Å²) in [6.07, 6.45) is 0.556. The predicted octanol–water partition coefficient (Wildman–Crippen LogP) is 1.43. The van der Waals surface area contributed by atoms with Gasteiger partial charge < -0.3 is 10.2 Å². The first-order valence-corrected chi connectivity index (χ1v) is 5.77. The van der Waals surface area contributed by atoms with Crippen LogP contribution in [0.1, 0.15) is 40.5 Å². The molecule has 0 aromatic rings. The zero-order valence-corrected chi connectivity index (χ0v) is 10.2. The molecule has 0 aliphatic carbocycles. The minimum Gasteiger partial charge on any atom is -0.477 e. The zero-order valence-electron chi connectivity index (χ0n) is 10.2. The average Bonchev–Trinajstić information content (AvgIpc) is 2.24. The topological polar surface area (TPSA) is 57.5 Å². The van der Waals surface area contributed by atoms with E-state index in [0.717, 1.165) is 0 Å². The quantitative estimate of drug-likeness (QED) is 0.502. The van der Waals surface area contributed by atoms with Gasteiger partial charge in [-0.3, -0.25) is 4.48 Å². The van der Waals surface area contributed by atoms with Gasteiger partial charge in [-0.2, -0.15) is 0 Å². The molecule has 0 radical (unpaired) electrons. The van der Waals surface area contributed by atoms with Crippen LogP contribution in [-0.2, 0) is 4.79 Å². The number of carboxylic acid groups (broad SMARTS) is 1. The van der Waals surface area contributed by atoms with Crippen molar-refractivity contribution in [2.24, 2.45) is 0 Å². The van der Waals surface area contributed by atoms with Gasteiger partial charge in [0.2, 0.25) is 0 Å². The number of likely N-dealkylation sites (N-methyl/N-ethyl adjacent to an activating group) is 1. The Kier molecular flexibility index (Phi) is 5.83. The highest BCUT2D eigenvalue weighted by atomic mass is 16.4. The molecule has 0 saturated heterocycles. The number of quaternary nitrogens is 1. The number of aliphatic hydroxyl groups excluding tert-OH is 1. The van der Waals surface area contributed by atoms with Crippen LogP contribution in [0.5, 0.6) is 0 Å². The van der Waals surface area contributed by atoms with Crippen LogP contribution < -0.4 is 0 Å². The minimum atomic E-state index is -0.811. The van der Waals surface area contributed by atoms with Gasteiger partial charge in [-0.05, 0) is 13.8 Å². The standard InChI is InChI=1S/C11H23NO3/c1-5-9(11(14)15)12(7-3,8-4)10(13)6-2/h9-10,13H,5-8H2,1-4H3/p+1. The summed E-state index contributed by atoms with van der Waals surface area (Å²) in [6, 6.07) is -0.505. The van der Waals surface area contributed by atoms with Gasteiger partial charge in [0.05, 0.1) is 13.1 Å². The Labute approximate surface area is 92.1 Å². The summed E-state index contributed by atoms with van der Waals surface area (Å²) in [5.74, 6) is -0.811. The lowest BCUT2D eigenvalue weighted by Crippen LogP contribution is -2.63. The lowest BCUT2D eigenvalue weighted by atomic mass is 10.1. The van der Waals surface area contributed by atoms with E-state index in [9.17, 15) is 15.0 Å². The number of carboxylic acids is 1. The van der Waals surface area contributed by atoms with Crippen molar-refractivity contribution >= 4 is 5.97 Å². The van der Waals surface area contributed by atoms with Gasteiger partial charge in [0.1, 0.15) is 0 Å². The molecule has 0 rings (SSSR count). The van der Waals surface area contributed by atoms with E-state index in [1.54, 1.807) is 0 Å². The summed E-state index contributed by atoms with van der Waals surface area (Å²) in [6.45, 7) is 8.92. The maximum absolute atomic E-state index is 11.2. The molecule has 2 atom stereocenters. The Morgan fingerprint density at radius 1 is 1.13 bits per heavy atom. The van der Waals surface area contributed by atoms with E-state index in [2.05, 4.69) is 0 Å². The highest BCUT2D eigenvalue weighted by molar-refractivity contribution is 5.72. The smallest absolute Gasteiger partial charge is 0.362 e. The summed E-state index contributed by atoms with van der Waals surface area (Å²) >= 11 is 0. The summed E-state index contributed by atoms with van der Waals surface area (Å²) < 4.78 is 0.266. The fraction of sp³-hybridized carbons (Fsp3) is 0.909. The molecular formula is C11H24NO3+. The molecule has 0 aliphatic rings. The van der Waals surface area contributed by atoms with Crippen LogP contribution in [0.2, 0.25) is 0 Å². The van der Waals surface area contributed by atoms with Gasteiger partial charge in [-0.25, -0.2) is 4.79 Å². The second-order valence-corrected chi connectivity index (χ2v) is 3.89. The highest BCUT2D eigenvalue weighted by Gasteiger charge is 2.42. The number of hydrogen-bond acceptors (Lipinski definition) is 2. The molecule has 0 aromatic carbocycles. The number of aliphatic carboxylic acids is 1. The van der Waals surface area contributed by atoms with Crippen molar-refractivity contribution in [1.82, 2.24) is 0 Å². The molecule has 2 unspecified atom stereocenters. The van der Waals surface area contributed by atoms with Gasteiger partial charge in [-0.1, -0.05) is 13.8 Å². The summed E-state index contributed by atoms with van der Waals surface area (Å²) in [7, 11) is 0. The second-order valence-electron chi connectivity index (χ2n) is 3.89. The van der Waals surface area contributed by atoms with Crippen LogP contribution in [-0.4, -0.2) is 46.0 Å². The van der Waals surface area contributed by atoms with E-state index in [1.165, 1.54) is 0 Å². The number of carbonyl (C=O) groups is 1. The molecule has 15 heavy (non-hydrogen) atoms. The first kappa shape index (κ1) is 14.4. The molecule has 4 nitrogen and oxygen atoms in total. The zero-order chi connectivity index (χ0) is 12.1. The van der Waals surface area contributed by atoms with Crippen LogP contribution >= 0.6 is 0 Å². The van der Waals surface area contributed by atoms with Crippen molar-refractivity contribution in [3.63, 3.8) is 0 Å². The van der Waals surface area contributed by atoms with Crippen molar-refractivity contribution in [2.75, 3.05) is 13.1 Å². The van der Waals surface area contributed by atoms with Crippen LogP contribution in [0.4, 0.5) is 0 Å². The Bertz CT molecular complexity index is 202. The van der Waals surface area contributed by atoms with Gasteiger partial charge in [-0.15, -0.1) is 0 Å². The van der Waals surface area contributed by atoms with Crippen LogP contribution in [0.15, 0.2) is 0 Å². The summed E-state index contributed by atoms with van der Waals surface area (Å²) in [5.41, 5.74) is 0. The number of aliphatic hydroxyl groups is 1. The first-order chi connectivity index (χ1) is 6.99. The fourth-order valence-electron chi connectivity index (χ4n) is 2.42. The Morgan fingerprint density at radius 3 is 1.80 bits per heavy atom. The van der Waals surface area contributed by atoms with E-state index in [4.69, 9.17) is 0 Å². The largest absolute Gasteiger partial charge is 0.477 e. The fourth-order valence-corrected chi connectivity index (χ4v) is 2.42. The van der Waals surface area contributed by atoms with E-state index in [1.807, 2.05) is 27.7 Å². The molecule has 0 amide bonds. The molecule has 0 spiro atoms. The molecule has 90 valence electrons. The third-order valence-corrected chi connectivity index (χ3v) is 3.43. The van der Waals surface area contributed by atoms with Crippen molar-refractivity contribution in [3.8, 4) is 0 Å². The van der Waals surface area contributed by atoms with E-state index in [0.29, 0.717) is 25.9 Å². The van der Waals surface area contributed by atoms with Crippen LogP contribution in [0.3, 0.4) is 0 Å². The van der Waals surface area contributed by atoms with Crippen molar-refractivity contribution in [3.05, 3.63) is 0 Å². The molecule has 4 heteroatoms. The van der Waals surface area contributed by atoms with Crippen LogP contribution in [0.25, 0.3) is 0 Å². The van der Waals surface area contributed by atoms with Gasteiger partial charge in [0.25, 0.3) is 0 Å². The number of nitrogens with zero attached hydrogens (tertiary/aromatic N) is 1. The molecule has 0 saturated carbocycles. The normalized spacial score (nSPS) is 16.1. The van der Waals surface area contributed by atoms with Crippen molar-refractivity contribution in [2.45, 2.75) is 52.8 Å². The Hall–Kier alpha value is -0.610. The third kappa shape index (κ3) is 2.69. The molecule has 0 fully saturated rings. The maximum Gasteiger partial charge on any atom is 0.362 e. The third-order valence-electron chi connectivity index (χ3n) is 3.43. The van der Waals surface area contributed by atoms with Gasteiger partial charge >= 0.3 is 5.97 Å². The SMILES string of the molecule is CCC(O)[N+](CC)(CC)C(CC)C(=O)O.